The summed E-state index contributed by atoms with van der Waals surface area (Å²) in [6, 6.07) is 12.4. The molecule has 11 heteroatoms. The number of nitrogens with zero attached hydrogens (tertiary/aromatic N) is 1. The number of carbonyl (C=O) groups excluding carboxylic acids is 2. The zero-order valence-corrected chi connectivity index (χ0v) is 22.5. The zero-order valence-electron chi connectivity index (χ0n) is 21.7. The van der Waals surface area contributed by atoms with Crippen molar-refractivity contribution in [1.29, 1.82) is 0 Å². The van der Waals surface area contributed by atoms with Crippen molar-refractivity contribution in [2.24, 2.45) is 0 Å². The van der Waals surface area contributed by atoms with Crippen LogP contribution in [0.3, 0.4) is 0 Å². The molecule has 208 valence electrons. The second-order valence-electron chi connectivity index (χ2n) is 9.76. The van der Waals surface area contributed by atoms with Crippen LogP contribution < -0.4 is 16.0 Å². The Hall–Kier alpha value is -3.60. The summed E-state index contributed by atoms with van der Waals surface area (Å²) in [5, 5.41) is 8.79. The predicted octanol–water partition coefficient (Wildman–Crippen LogP) is 7.31. The smallest absolute Gasteiger partial charge is 0.417 e. The quantitative estimate of drug-likeness (QED) is 0.283. The molecule has 1 aliphatic carbocycles. The van der Waals surface area contributed by atoms with Crippen LogP contribution in [-0.4, -0.2) is 29.3 Å². The van der Waals surface area contributed by atoms with Gasteiger partial charge in [-0.15, -0.1) is 11.3 Å². The van der Waals surface area contributed by atoms with Crippen LogP contribution in [0.1, 0.15) is 61.6 Å². The number of halogens is 3. The number of benzene rings is 2. The fourth-order valence-electron chi connectivity index (χ4n) is 4.53. The first kappa shape index (κ1) is 28.4. The van der Waals surface area contributed by atoms with Crippen molar-refractivity contribution < 1.29 is 27.5 Å². The van der Waals surface area contributed by atoms with Crippen LogP contribution >= 0.6 is 11.3 Å². The maximum atomic E-state index is 14.0. The molecule has 0 radical (unpaired) electrons. The van der Waals surface area contributed by atoms with Gasteiger partial charge in [0.25, 0.3) is 0 Å². The van der Waals surface area contributed by atoms with Crippen molar-refractivity contribution in [2.45, 2.75) is 70.3 Å². The number of hydrogen-bond acceptors (Lipinski definition) is 5. The summed E-state index contributed by atoms with van der Waals surface area (Å²) >= 11 is 1.25. The third kappa shape index (κ3) is 7.95. The van der Waals surface area contributed by atoms with Gasteiger partial charge in [0.1, 0.15) is 0 Å². The van der Waals surface area contributed by atoms with E-state index in [1.165, 1.54) is 29.7 Å². The second kappa shape index (κ2) is 12.5. The molecule has 3 aromatic rings. The molecule has 1 fully saturated rings. The van der Waals surface area contributed by atoms with Crippen LogP contribution in [0.15, 0.2) is 54.7 Å². The molecule has 1 saturated carbocycles. The number of hydrogen-bond donors (Lipinski definition) is 3. The number of nitrogens with one attached hydrogen (secondary N) is 3. The van der Waals surface area contributed by atoms with E-state index in [0.717, 1.165) is 42.3 Å². The maximum Gasteiger partial charge on any atom is 0.417 e. The minimum Gasteiger partial charge on any atom is -0.447 e. The largest absolute Gasteiger partial charge is 0.447 e. The van der Waals surface area contributed by atoms with E-state index in [9.17, 15) is 22.8 Å². The summed E-state index contributed by atoms with van der Waals surface area (Å²) in [7, 11) is 0. The molecule has 0 bridgehead atoms. The first-order valence-corrected chi connectivity index (χ1v) is 13.6. The molecular weight excluding hydrogens is 529 g/mol. The van der Waals surface area contributed by atoms with E-state index in [4.69, 9.17) is 4.74 Å². The maximum absolute atomic E-state index is 14.0. The Labute approximate surface area is 229 Å². The molecule has 0 saturated heterocycles. The van der Waals surface area contributed by atoms with Gasteiger partial charge in [0.05, 0.1) is 21.6 Å². The summed E-state index contributed by atoms with van der Waals surface area (Å²) in [5.41, 5.74) is 0.102. The molecule has 0 atom stereocenters. The number of carbonyl (C=O) groups is 2. The summed E-state index contributed by atoms with van der Waals surface area (Å²) in [4.78, 5) is 29.0. The Kier molecular flexibility index (Phi) is 9.11. The second-order valence-corrected chi connectivity index (χ2v) is 10.8. The molecule has 3 amide bonds. The van der Waals surface area contributed by atoms with Crippen molar-refractivity contribution >= 4 is 29.1 Å². The standard InChI is InChI=1S/C28H31F3N4O3S/c1-17(2)38-27(37)35-20-10-8-19(9-11-20)25-32-16-24(39-25)22-13-12-21(14-23(22)28(29,30)31)34-26(36)33-15-18-6-4-3-5-7-18/h3-7,12-14,16-17,19-20H,8-11,15H2,1-2H3,(H,35,37)(H2,33,34,36)/t19-,20-. The van der Waals surface area contributed by atoms with Gasteiger partial charge in [0.2, 0.25) is 0 Å². The van der Waals surface area contributed by atoms with Crippen molar-refractivity contribution in [3.8, 4) is 10.4 Å². The van der Waals surface area contributed by atoms with Crippen molar-refractivity contribution in [1.82, 2.24) is 15.6 Å². The topological polar surface area (TPSA) is 92.3 Å². The van der Waals surface area contributed by atoms with Gasteiger partial charge < -0.3 is 20.7 Å². The van der Waals surface area contributed by atoms with Gasteiger partial charge in [-0.3, -0.25) is 0 Å². The van der Waals surface area contributed by atoms with E-state index in [0.29, 0.717) is 4.88 Å². The molecule has 7 nitrogen and oxygen atoms in total. The first-order chi connectivity index (χ1) is 18.6. The Balaban J connectivity index is 1.40. The molecule has 4 rings (SSSR count). The number of alkyl halides is 3. The molecule has 1 aliphatic rings. The van der Waals surface area contributed by atoms with E-state index in [2.05, 4.69) is 20.9 Å². The van der Waals surface area contributed by atoms with Gasteiger partial charge in [-0.05, 0) is 57.2 Å². The Bertz CT molecular complexity index is 1270. The van der Waals surface area contributed by atoms with Gasteiger partial charge in [-0.25, -0.2) is 14.6 Å². The average Bonchev–Trinajstić information content (AvgIpc) is 3.38. The number of alkyl carbamates (subject to hydrolysis) is 1. The third-order valence-corrected chi connectivity index (χ3v) is 7.60. The van der Waals surface area contributed by atoms with E-state index in [-0.39, 0.29) is 35.9 Å². The molecule has 3 N–H and O–H groups in total. The Morgan fingerprint density at radius 3 is 2.46 bits per heavy atom. The first-order valence-electron chi connectivity index (χ1n) is 12.8. The molecule has 0 unspecified atom stereocenters. The minimum atomic E-state index is -4.62. The van der Waals surface area contributed by atoms with Crippen LogP contribution in [0.2, 0.25) is 0 Å². The molecule has 2 aromatic carbocycles. The van der Waals surface area contributed by atoms with Crippen molar-refractivity contribution in [2.75, 3.05) is 5.32 Å². The molecule has 39 heavy (non-hydrogen) atoms. The van der Waals surface area contributed by atoms with Crippen LogP contribution in [0.25, 0.3) is 10.4 Å². The number of urea groups is 1. The van der Waals surface area contributed by atoms with Crippen LogP contribution in [0.5, 0.6) is 0 Å². The summed E-state index contributed by atoms with van der Waals surface area (Å²) in [6.07, 6.45) is -0.741. The van der Waals surface area contributed by atoms with Crippen molar-refractivity contribution in [3.63, 3.8) is 0 Å². The van der Waals surface area contributed by atoms with Crippen molar-refractivity contribution in [3.05, 3.63) is 70.9 Å². The SMILES string of the molecule is CC(C)OC(=O)N[C@H]1CC[C@H](c2ncc(-c3ccc(NC(=O)NCc4ccccc4)cc3C(F)(F)F)s2)CC1. The summed E-state index contributed by atoms with van der Waals surface area (Å²) in [6.45, 7) is 3.82. The van der Waals surface area contributed by atoms with Gasteiger partial charge in [0.15, 0.2) is 0 Å². The molecule has 1 heterocycles. The normalized spacial score (nSPS) is 17.5. The summed E-state index contributed by atoms with van der Waals surface area (Å²) < 4.78 is 47.2. The highest BCUT2D eigenvalue weighted by molar-refractivity contribution is 7.15. The zero-order chi connectivity index (χ0) is 28.0. The van der Waals surface area contributed by atoms with Crippen LogP contribution in [0.4, 0.5) is 28.4 Å². The monoisotopic (exact) mass is 560 g/mol. The lowest BCUT2D eigenvalue weighted by molar-refractivity contribution is -0.137. The van der Waals surface area contributed by atoms with E-state index in [1.54, 1.807) is 13.8 Å². The lowest BCUT2D eigenvalue weighted by Gasteiger charge is -2.28. The number of rotatable bonds is 7. The Morgan fingerprint density at radius 2 is 1.79 bits per heavy atom. The highest BCUT2D eigenvalue weighted by Crippen LogP contribution is 2.43. The fourth-order valence-corrected chi connectivity index (χ4v) is 5.65. The van der Waals surface area contributed by atoms with Gasteiger partial charge >= 0.3 is 18.3 Å². The Morgan fingerprint density at radius 1 is 1.08 bits per heavy atom. The predicted molar refractivity (Wildman–Crippen MR) is 145 cm³/mol. The highest BCUT2D eigenvalue weighted by atomic mass is 32.1. The van der Waals surface area contributed by atoms with E-state index in [1.807, 2.05) is 30.3 Å². The number of thiazole rings is 1. The van der Waals surface area contributed by atoms with E-state index >= 15 is 0 Å². The van der Waals surface area contributed by atoms with Gasteiger partial charge in [0, 0.05) is 36.0 Å². The number of aromatic nitrogens is 1. The molecule has 1 aromatic heterocycles. The fraction of sp³-hybridized carbons (Fsp3) is 0.393. The molecular formula is C28H31F3N4O3S. The van der Waals surface area contributed by atoms with E-state index < -0.39 is 23.9 Å². The highest BCUT2D eigenvalue weighted by Gasteiger charge is 2.35. The number of ether oxygens (including phenoxy) is 1. The number of anilines is 1. The van der Waals surface area contributed by atoms with Gasteiger partial charge in [-0.1, -0.05) is 36.4 Å². The number of amides is 3. The lowest BCUT2D eigenvalue weighted by atomic mass is 9.86. The van der Waals surface area contributed by atoms with Gasteiger partial charge in [-0.2, -0.15) is 13.2 Å². The molecule has 0 aliphatic heterocycles. The lowest BCUT2D eigenvalue weighted by Crippen LogP contribution is -2.38. The summed E-state index contributed by atoms with van der Waals surface area (Å²) in [5.74, 6) is 0.117. The minimum absolute atomic E-state index is 0.00806. The van der Waals surface area contributed by atoms with Crippen LogP contribution in [-0.2, 0) is 17.5 Å². The van der Waals surface area contributed by atoms with Crippen LogP contribution in [0, 0.1) is 0 Å². The third-order valence-electron chi connectivity index (χ3n) is 6.41. The average molecular weight is 561 g/mol. The molecule has 0 spiro atoms.